The van der Waals surface area contributed by atoms with Crippen LogP contribution in [0, 0.1) is 5.82 Å². The number of halogens is 1. The van der Waals surface area contributed by atoms with E-state index in [1.165, 1.54) is 6.07 Å². The Labute approximate surface area is 107 Å². The quantitative estimate of drug-likeness (QED) is 0.883. The number of hydrogen-bond donors (Lipinski definition) is 1. The highest BCUT2D eigenvalue weighted by atomic mass is 19.1. The predicted octanol–water partition coefficient (Wildman–Crippen LogP) is 2.74. The Morgan fingerprint density at radius 2 is 2.17 bits per heavy atom. The number of nitrogens with one attached hydrogen (secondary N) is 1. The zero-order valence-corrected chi connectivity index (χ0v) is 11.2. The van der Waals surface area contributed by atoms with Gasteiger partial charge in [0.1, 0.15) is 11.3 Å². The summed E-state index contributed by atoms with van der Waals surface area (Å²) in [4.78, 5) is 4.45. The molecule has 0 spiro atoms. The first-order chi connectivity index (χ1) is 8.67. The molecule has 0 amide bonds. The van der Waals surface area contributed by atoms with E-state index < -0.39 is 0 Å². The number of hydrogen-bond acceptors (Lipinski definition) is 2. The van der Waals surface area contributed by atoms with Crippen molar-refractivity contribution >= 4 is 11.0 Å². The third-order valence-electron chi connectivity index (χ3n) is 3.17. The van der Waals surface area contributed by atoms with Crippen LogP contribution in [0.4, 0.5) is 4.39 Å². The number of imidazole rings is 1. The van der Waals surface area contributed by atoms with Gasteiger partial charge in [-0.25, -0.2) is 9.37 Å². The summed E-state index contributed by atoms with van der Waals surface area (Å²) >= 11 is 0. The summed E-state index contributed by atoms with van der Waals surface area (Å²) in [6, 6.07) is 5.48. The summed E-state index contributed by atoms with van der Waals surface area (Å²) in [7, 11) is 0. The summed E-state index contributed by atoms with van der Waals surface area (Å²) in [5.41, 5.74) is 1.37. The van der Waals surface area contributed by atoms with Gasteiger partial charge in [-0.1, -0.05) is 13.0 Å². The minimum absolute atomic E-state index is 0.239. The zero-order chi connectivity index (χ0) is 13.1. The van der Waals surface area contributed by atoms with Gasteiger partial charge in [0.05, 0.1) is 5.52 Å². The van der Waals surface area contributed by atoms with E-state index in [-0.39, 0.29) is 5.82 Å². The molecule has 0 saturated heterocycles. The Morgan fingerprint density at radius 3 is 2.83 bits per heavy atom. The van der Waals surface area contributed by atoms with Gasteiger partial charge >= 0.3 is 0 Å². The molecule has 0 saturated carbocycles. The molecule has 4 heteroatoms. The van der Waals surface area contributed by atoms with Crippen molar-refractivity contribution in [3.8, 4) is 0 Å². The lowest BCUT2D eigenvalue weighted by molar-refractivity contribution is 0.538. The van der Waals surface area contributed by atoms with Crippen molar-refractivity contribution in [2.45, 2.75) is 39.8 Å². The molecule has 0 radical (unpaired) electrons. The third-order valence-corrected chi connectivity index (χ3v) is 3.17. The first-order valence-corrected chi connectivity index (χ1v) is 6.54. The van der Waals surface area contributed by atoms with Gasteiger partial charge in [0, 0.05) is 19.0 Å². The van der Waals surface area contributed by atoms with Gasteiger partial charge in [-0.05, 0) is 32.5 Å². The van der Waals surface area contributed by atoms with E-state index in [1.807, 2.05) is 6.07 Å². The lowest BCUT2D eigenvalue weighted by atomic mass is 10.2. The largest absolute Gasteiger partial charge is 0.328 e. The predicted molar refractivity (Wildman–Crippen MR) is 72.2 cm³/mol. The zero-order valence-electron chi connectivity index (χ0n) is 11.2. The van der Waals surface area contributed by atoms with E-state index in [1.54, 1.807) is 6.07 Å². The van der Waals surface area contributed by atoms with Crippen molar-refractivity contribution < 1.29 is 4.39 Å². The van der Waals surface area contributed by atoms with Crippen molar-refractivity contribution in [2.75, 3.05) is 6.54 Å². The van der Waals surface area contributed by atoms with Crippen LogP contribution in [0.1, 0.15) is 26.6 Å². The van der Waals surface area contributed by atoms with Gasteiger partial charge < -0.3 is 9.88 Å². The molecule has 2 aromatic rings. The summed E-state index contributed by atoms with van der Waals surface area (Å²) in [6.45, 7) is 8.02. The summed E-state index contributed by atoms with van der Waals surface area (Å²) in [5.74, 6) is 0.711. The van der Waals surface area contributed by atoms with Crippen LogP contribution in [0.2, 0.25) is 0 Å². The molecule has 1 heterocycles. The standard InChI is InChI=1S/C14H20FN3/c1-4-16-10(3)9-13-17-14-11(15)7-6-8-12(14)18(13)5-2/h6-8,10,16H,4-5,9H2,1-3H3. The fourth-order valence-corrected chi connectivity index (χ4v) is 2.36. The first kappa shape index (κ1) is 13.0. The van der Waals surface area contributed by atoms with Crippen LogP contribution in [0.5, 0.6) is 0 Å². The highest BCUT2D eigenvalue weighted by molar-refractivity contribution is 5.76. The number of rotatable bonds is 5. The Bertz CT molecular complexity index is 533. The van der Waals surface area contributed by atoms with E-state index in [9.17, 15) is 4.39 Å². The van der Waals surface area contributed by atoms with Crippen molar-refractivity contribution in [1.82, 2.24) is 14.9 Å². The number of para-hydroxylation sites is 1. The van der Waals surface area contributed by atoms with Crippen LogP contribution < -0.4 is 5.32 Å². The molecule has 0 aliphatic carbocycles. The lowest BCUT2D eigenvalue weighted by Gasteiger charge is -2.12. The summed E-state index contributed by atoms with van der Waals surface area (Å²) < 4.78 is 15.8. The average molecular weight is 249 g/mol. The molecular formula is C14H20FN3. The SMILES string of the molecule is CCNC(C)Cc1nc2c(F)cccc2n1CC. The number of benzene rings is 1. The maximum absolute atomic E-state index is 13.7. The molecule has 2 rings (SSSR count). The first-order valence-electron chi connectivity index (χ1n) is 6.54. The van der Waals surface area contributed by atoms with Gasteiger partial charge in [-0.3, -0.25) is 0 Å². The summed E-state index contributed by atoms with van der Waals surface area (Å²) in [5, 5.41) is 3.36. The van der Waals surface area contributed by atoms with Crippen molar-refractivity contribution in [2.24, 2.45) is 0 Å². The molecule has 1 N–H and O–H groups in total. The van der Waals surface area contributed by atoms with Crippen LogP contribution in [0.3, 0.4) is 0 Å². The molecule has 3 nitrogen and oxygen atoms in total. The molecule has 1 aromatic carbocycles. The van der Waals surface area contributed by atoms with E-state index in [2.05, 4.69) is 35.6 Å². The van der Waals surface area contributed by atoms with E-state index in [4.69, 9.17) is 0 Å². The fourth-order valence-electron chi connectivity index (χ4n) is 2.36. The molecule has 1 aromatic heterocycles. The number of fused-ring (bicyclic) bond motifs is 1. The van der Waals surface area contributed by atoms with Crippen LogP contribution in [-0.2, 0) is 13.0 Å². The van der Waals surface area contributed by atoms with Crippen molar-refractivity contribution in [3.05, 3.63) is 29.8 Å². The third kappa shape index (κ3) is 2.38. The second-order valence-corrected chi connectivity index (χ2v) is 4.54. The Hall–Kier alpha value is -1.42. The van der Waals surface area contributed by atoms with Crippen LogP contribution in [0.15, 0.2) is 18.2 Å². The molecule has 98 valence electrons. The highest BCUT2D eigenvalue weighted by Gasteiger charge is 2.14. The smallest absolute Gasteiger partial charge is 0.151 e. The maximum atomic E-state index is 13.7. The second kappa shape index (κ2) is 5.48. The number of nitrogens with zero attached hydrogens (tertiary/aromatic N) is 2. The monoisotopic (exact) mass is 249 g/mol. The van der Waals surface area contributed by atoms with Gasteiger partial charge in [0.25, 0.3) is 0 Å². The lowest BCUT2D eigenvalue weighted by Crippen LogP contribution is -2.28. The minimum Gasteiger partial charge on any atom is -0.328 e. The van der Waals surface area contributed by atoms with Crippen molar-refractivity contribution in [1.29, 1.82) is 0 Å². The Balaban J connectivity index is 2.41. The Kier molecular flexibility index (Phi) is 3.97. The summed E-state index contributed by atoms with van der Waals surface area (Å²) in [6.07, 6.45) is 0.815. The number of aryl methyl sites for hydroxylation is 1. The van der Waals surface area contributed by atoms with Gasteiger partial charge in [-0.15, -0.1) is 0 Å². The van der Waals surface area contributed by atoms with Crippen LogP contribution >= 0.6 is 0 Å². The molecule has 1 unspecified atom stereocenters. The molecular weight excluding hydrogens is 229 g/mol. The average Bonchev–Trinajstić information content (AvgIpc) is 2.68. The molecule has 18 heavy (non-hydrogen) atoms. The number of aromatic nitrogens is 2. The normalized spacial score (nSPS) is 13.1. The second-order valence-electron chi connectivity index (χ2n) is 4.54. The number of likely N-dealkylation sites (N-methyl/N-ethyl adjacent to an activating group) is 1. The van der Waals surface area contributed by atoms with Gasteiger partial charge in [0.2, 0.25) is 0 Å². The van der Waals surface area contributed by atoms with Crippen molar-refractivity contribution in [3.63, 3.8) is 0 Å². The highest BCUT2D eigenvalue weighted by Crippen LogP contribution is 2.20. The molecule has 1 atom stereocenters. The van der Waals surface area contributed by atoms with E-state index in [0.29, 0.717) is 11.6 Å². The fraction of sp³-hybridized carbons (Fsp3) is 0.500. The van der Waals surface area contributed by atoms with E-state index in [0.717, 1.165) is 30.9 Å². The van der Waals surface area contributed by atoms with Gasteiger partial charge in [-0.2, -0.15) is 0 Å². The van der Waals surface area contributed by atoms with Gasteiger partial charge in [0.15, 0.2) is 5.82 Å². The molecule has 0 fully saturated rings. The molecule has 0 aliphatic rings. The topological polar surface area (TPSA) is 29.9 Å². The van der Waals surface area contributed by atoms with E-state index >= 15 is 0 Å². The molecule has 0 aliphatic heterocycles. The Morgan fingerprint density at radius 1 is 1.39 bits per heavy atom. The van der Waals surface area contributed by atoms with Crippen LogP contribution in [0.25, 0.3) is 11.0 Å². The maximum Gasteiger partial charge on any atom is 0.151 e. The van der Waals surface area contributed by atoms with Crippen LogP contribution in [-0.4, -0.2) is 22.1 Å². The minimum atomic E-state index is -0.239. The molecule has 0 bridgehead atoms.